The van der Waals surface area contributed by atoms with E-state index in [0.717, 1.165) is 13.2 Å². The van der Waals surface area contributed by atoms with Gasteiger partial charge in [0.2, 0.25) is 29.5 Å². The Hall–Kier alpha value is -3.91. The van der Waals surface area contributed by atoms with Crippen LogP contribution in [-0.4, -0.2) is 174 Å². The van der Waals surface area contributed by atoms with Crippen molar-refractivity contribution in [3.05, 3.63) is 40.6 Å². The van der Waals surface area contributed by atoms with Crippen LogP contribution in [0.4, 0.5) is 0 Å². The number of hydrogen-bond acceptors (Lipinski definition) is 21. The Bertz CT molecular complexity index is 1850. The summed E-state index contributed by atoms with van der Waals surface area (Å²) in [6.45, 7) is 0.00474. The molecule has 21 heteroatoms. The van der Waals surface area contributed by atoms with Crippen LogP contribution in [0.2, 0.25) is 0 Å². The predicted molar refractivity (Wildman–Crippen MR) is 178 cm³/mol. The van der Waals surface area contributed by atoms with Gasteiger partial charge in [-0.3, -0.25) is 4.79 Å². The molecule has 15 atom stereocenters. The van der Waals surface area contributed by atoms with E-state index in [1.165, 1.54) is 31.2 Å². The molecule has 0 aliphatic carbocycles. The summed E-state index contributed by atoms with van der Waals surface area (Å²) in [6.07, 6.45) is -25.0. The minimum atomic E-state index is -1.95. The highest BCUT2D eigenvalue weighted by molar-refractivity contribution is 5.93. The van der Waals surface area contributed by atoms with Crippen LogP contribution in [0.15, 0.2) is 39.5 Å². The molecule has 2 aromatic carbocycles. The topological polar surface area (TPSA) is 338 Å². The minimum absolute atomic E-state index is 0.0822. The quantitative estimate of drug-likeness (QED) is 0.0934. The first kappa shape index (κ1) is 40.7. The summed E-state index contributed by atoms with van der Waals surface area (Å²) in [7, 11) is 1.13. The molecule has 3 aliphatic heterocycles. The Kier molecular flexibility index (Phi) is 12.1. The average molecular weight is 787 g/mol. The number of aliphatic hydroxyl groups is 10. The van der Waals surface area contributed by atoms with Crippen molar-refractivity contribution in [1.82, 2.24) is 0 Å². The molecule has 4 heterocycles. The molecule has 1 aromatic heterocycles. The highest BCUT2D eigenvalue weighted by Gasteiger charge is 2.48. The maximum Gasteiger partial charge on any atom is 0.239 e. The molecule has 0 saturated carbocycles. The van der Waals surface area contributed by atoms with Crippen LogP contribution < -0.4 is 19.6 Å². The molecule has 0 bridgehead atoms. The van der Waals surface area contributed by atoms with Gasteiger partial charge in [0.1, 0.15) is 84.0 Å². The zero-order valence-electron chi connectivity index (χ0n) is 29.0. The van der Waals surface area contributed by atoms with Crippen LogP contribution in [-0.2, 0) is 18.9 Å². The molecular weight excluding hydrogens is 744 g/mol. The lowest BCUT2D eigenvalue weighted by Crippen LogP contribution is -2.61. The summed E-state index contributed by atoms with van der Waals surface area (Å²) >= 11 is 0. The van der Waals surface area contributed by atoms with Crippen molar-refractivity contribution in [2.24, 2.45) is 0 Å². The van der Waals surface area contributed by atoms with E-state index >= 15 is 0 Å². The highest BCUT2D eigenvalue weighted by Crippen LogP contribution is 2.45. The first-order valence-electron chi connectivity index (χ1n) is 16.9. The maximum absolute atomic E-state index is 14.1. The van der Waals surface area contributed by atoms with Crippen LogP contribution in [0.5, 0.6) is 28.7 Å². The Morgan fingerprint density at radius 3 is 1.85 bits per heavy atom. The fraction of sp³-hybridized carbons (Fsp3) is 0.559. The number of hydrogen-bond donors (Lipinski definition) is 12. The zero-order valence-corrected chi connectivity index (χ0v) is 29.0. The number of phenols is 2. The summed E-state index contributed by atoms with van der Waals surface area (Å²) in [5.74, 6) is -2.90. The molecule has 0 spiro atoms. The number of ether oxygens (including phenoxy) is 7. The smallest absolute Gasteiger partial charge is 0.239 e. The molecule has 0 amide bonds. The number of phenolic OH excluding ortho intramolecular Hbond substituents is 2. The number of methoxy groups -OCH3 is 1. The number of benzene rings is 2. The second-order valence-electron chi connectivity index (χ2n) is 13.2. The molecule has 55 heavy (non-hydrogen) atoms. The van der Waals surface area contributed by atoms with Gasteiger partial charge in [0.15, 0.2) is 23.4 Å². The van der Waals surface area contributed by atoms with Gasteiger partial charge in [-0.05, 0) is 31.2 Å². The summed E-state index contributed by atoms with van der Waals surface area (Å²) in [5.41, 5.74) is -1.48. The van der Waals surface area contributed by atoms with Gasteiger partial charge in [0.25, 0.3) is 0 Å². The second kappa shape index (κ2) is 16.3. The number of rotatable bonds is 10. The Labute approximate surface area is 309 Å². The van der Waals surface area contributed by atoms with Gasteiger partial charge in [-0.25, -0.2) is 0 Å². The average Bonchev–Trinajstić information content (AvgIpc) is 3.16. The van der Waals surface area contributed by atoms with Gasteiger partial charge in [-0.1, -0.05) is 0 Å². The molecule has 304 valence electrons. The zero-order chi connectivity index (χ0) is 40.0. The van der Waals surface area contributed by atoms with E-state index in [4.69, 9.17) is 37.6 Å². The SMILES string of the molecule is COc1c(O[C@@H]2OC(CO[C@@H]3OC(C)[C@@H](O)C(O)[C@@H]3O)[C@@H](O)[C@H](O)C2O)cc(O)c2c(=O)c(O[C@H]3OC(CO)[C@@H](O)C(O)C3O)c(-c3ccc(O)cc3)oc12. The molecule has 0 radical (unpaired) electrons. The minimum Gasteiger partial charge on any atom is -0.508 e. The first-order chi connectivity index (χ1) is 26.1. The van der Waals surface area contributed by atoms with Gasteiger partial charge in [0, 0.05) is 11.6 Å². The molecule has 7 unspecified atom stereocenters. The van der Waals surface area contributed by atoms with Crippen molar-refractivity contribution in [3.63, 3.8) is 0 Å². The molecule has 21 nitrogen and oxygen atoms in total. The monoisotopic (exact) mass is 786 g/mol. The standard InChI is InChI=1S/C34H42O21/c1-10-18(38)22(42)25(45)32(50-10)49-9-16-20(40)24(44)26(46)33(53-16)51-14-7-13(37)17-21(41)31(55-34-27(47)23(43)19(39)15(8-35)52-34)28(54-30(17)29(14)48-2)11-3-5-12(36)6-4-11/h3-7,10,15-16,18-20,22-27,32-40,42-47H,8-9H2,1-2H3/t10?,15?,16?,18-,19-,20-,22?,23?,24+,25+,26?,27?,32-,33-,34-/m1/s1. The van der Waals surface area contributed by atoms with Gasteiger partial charge in [-0.15, -0.1) is 0 Å². The lowest BCUT2D eigenvalue weighted by Gasteiger charge is -2.42. The lowest BCUT2D eigenvalue weighted by atomic mass is 9.98. The number of aromatic hydroxyl groups is 2. The third-order valence-corrected chi connectivity index (χ3v) is 9.59. The van der Waals surface area contributed by atoms with E-state index in [1.54, 1.807) is 0 Å². The molecule has 3 fully saturated rings. The predicted octanol–water partition coefficient (Wildman–Crippen LogP) is -3.91. The highest BCUT2D eigenvalue weighted by atomic mass is 16.7. The van der Waals surface area contributed by atoms with Crippen molar-refractivity contribution in [3.8, 4) is 40.1 Å². The third kappa shape index (κ3) is 7.65. The van der Waals surface area contributed by atoms with Crippen LogP contribution >= 0.6 is 0 Å². The molecular formula is C34H42O21. The van der Waals surface area contributed by atoms with Gasteiger partial charge >= 0.3 is 0 Å². The Morgan fingerprint density at radius 2 is 1.24 bits per heavy atom. The van der Waals surface area contributed by atoms with Gasteiger partial charge < -0.3 is 98.9 Å². The summed E-state index contributed by atoms with van der Waals surface area (Å²) in [4.78, 5) is 14.1. The number of fused-ring (bicyclic) bond motifs is 1. The largest absolute Gasteiger partial charge is 0.508 e. The lowest BCUT2D eigenvalue weighted by molar-refractivity contribution is -0.318. The van der Waals surface area contributed by atoms with Crippen LogP contribution in [0.1, 0.15) is 6.92 Å². The Morgan fingerprint density at radius 1 is 0.673 bits per heavy atom. The van der Waals surface area contributed by atoms with Gasteiger partial charge in [-0.2, -0.15) is 0 Å². The van der Waals surface area contributed by atoms with Crippen molar-refractivity contribution in [2.75, 3.05) is 20.3 Å². The summed E-state index contributed by atoms with van der Waals surface area (Å²) in [6, 6.07) is 5.97. The number of aliphatic hydroxyl groups excluding tert-OH is 10. The second-order valence-corrected chi connectivity index (χ2v) is 13.2. The molecule has 6 rings (SSSR count). The van der Waals surface area contributed by atoms with Crippen LogP contribution in [0.3, 0.4) is 0 Å². The van der Waals surface area contributed by atoms with E-state index in [9.17, 15) is 66.1 Å². The van der Waals surface area contributed by atoms with E-state index in [-0.39, 0.29) is 17.1 Å². The van der Waals surface area contributed by atoms with Crippen molar-refractivity contribution in [2.45, 2.75) is 99.0 Å². The summed E-state index contributed by atoms with van der Waals surface area (Å²) in [5, 5.41) is 124. The fourth-order valence-electron chi connectivity index (χ4n) is 6.37. The van der Waals surface area contributed by atoms with E-state index in [0.29, 0.717) is 0 Å². The summed E-state index contributed by atoms with van der Waals surface area (Å²) < 4.78 is 45.1. The van der Waals surface area contributed by atoms with Crippen LogP contribution in [0, 0.1) is 0 Å². The van der Waals surface area contributed by atoms with Crippen molar-refractivity contribution in [1.29, 1.82) is 0 Å². The fourth-order valence-corrected chi connectivity index (χ4v) is 6.37. The third-order valence-electron chi connectivity index (χ3n) is 9.59. The van der Waals surface area contributed by atoms with E-state index in [1.807, 2.05) is 0 Å². The molecule has 3 aliphatic rings. The first-order valence-corrected chi connectivity index (χ1v) is 16.9. The van der Waals surface area contributed by atoms with Crippen molar-refractivity contribution < 1.29 is 98.9 Å². The molecule has 12 N–H and O–H groups in total. The van der Waals surface area contributed by atoms with Gasteiger partial charge in [0.05, 0.1) is 26.4 Å². The molecule has 3 aromatic rings. The Balaban J connectivity index is 1.35. The van der Waals surface area contributed by atoms with Crippen LogP contribution in [0.25, 0.3) is 22.3 Å². The van der Waals surface area contributed by atoms with Crippen molar-refractivity contribution >= 4 is 11.0 Å². The molecule has 3 saturated heterocycles. The van der Waals surface area contributed by atoms with E-state index < -0.39 is 145 Å². The maximum atomic E-state index is 14.1. The normalized spacial score (nSPS) is 36.8. The van der Waals surface area contributed by atoms with E-state index in [2.05, 4.69) is 0 Å².